The van der Waals surface area contributed by atoms with Gasteiger partial charge in [-0.3, -0.25) is 9.59 Å². The van der Waals surface area contributed by atoms with Crippen molar-refractivity contribution in [1.82, 2.24) is 10.2 Å². The molecule has 2 amide bonds. The molecule has 0 spiro atoms. The summed E-state index contributed by atoms with van der Waals surface area (Å²) in [5.41, 5.74) is 5.57. The Kier molecular flexibility index (Phi) is 4.57. The van der Waals surface area contributed by atoms with E-state index >= 15 is 0 Å². The van der Waals surface area contributed by atoms with Crippen LogP contribution in [0.3, 0.4) is 0 Å². The Morgan fingerprint density at radius 2 is 2.10 bits per heavy atom. The van der Waals surface area contributed by atoms with Crippen LogP contribution >= 0.6 is 0 Å². The summed E-state index contributed by atoms with van der Waals surface area (Å²) in [4.78, 5) is 24.8. The van der Waals surface area contributed by atoms with Crippen LogP contribution in [0.4, 0.5) is 0 Å². The summed E-state index contributed by atoms with van der Waals surface area (Å²) in [7, 11) is 0. The third-order valence-corrected chi connectivity index (χ3v) is 3.32. The standard InChI is InChI=1S/C14H19N3O3/c1-10-8-16-6-7-17(10)13(18)9-20-12-4-2-11(3-5-12)14(15)19/h2-5,10,16H,6-9H2,1H3,(H2,15,19). The number of carbonyl (C=O) groups is 2. The molecule has 0 bridgehead atoms. The van der Waals surface area contributed by atoms with Crippen molar-refractivity contribution in [2.75, 3.05) is 26.2 Å². The lowest BCUT2D eigenvalue weighted by Crippen LogP contribution is -2.53. The van der Waals surface area contributed by atoms with Crippen LogP contribution < -0.4 is 15.8 Å². The van der Waals surface area contributed by atoms with E-state index in [4.69, 9.17) is 10.5 Å². The highest BCUT2D eigenvalue weighted by Gasteiger charge is 2.22. The number of amides is 2. The Morgan fingerprint density at radius 1 is 1.40 bits per heavy atom. The van der Waals surface area contributed by atoms with E-state index in [0.29, 0.717) is 17.9 Å². The molecule has 2 rings (SSSR count). The van der Waals surface area contributed by atoms with Crippen molar-refractivity contribution in [3.8, 4) is 5.75 Å². The van der Waals surface area contributed by atoms with Crippen LogP contribution in [0.2, 0.25) is 0 Å². The van der Waals surface area contributed by atoms with Crippen molar-refractivity contribution in [1.29, 1.82) is 0 Å². The molecule has 1 aromatic carbocycles. The zero-order valence-electron chi connectivity index (χ0n) is 11.5. The van der Waals surface area contributed by atoms with Gasteiger partial charge in [0.1, 0.15) is 5.75 Å². The summed E-state index contributed by atoms with van der Waals surface area (Å²) < 4.78 is 5.44. The molecule has 1 unspecified atom stereocenters. The number of nitrogens with zero attached hydrogens (tertiary/aromatic N) is 1. The van der Waals surface area contributed by atoms with Gasteiger partial charge < -0.3 is 20.7 Å². The lowest BCUT2D eigenvalue weighted by molar-refractivity contribution is -0.136. The first-order valence-electron chi connectivity index (χ1n) is 6.61. The van der Waals surface area contributed by atoms with Crippen molar-refractivity contribution in [2.24, 2.45) is 5.73 Å². The third-order valence-electron chi connectivity index (χ3n) is 3.32. The molecule has 1 fully saturated rings. The predicted octanol–water partition coefficient (Wildman–Crippen LogP) is -0.0154. The van der Waals surface area contributed by atoms with Crippen molar-refractivity contribution in [3.05, 3.63) is 29.8 Å². The molecule has 0 aliphatic carbocycles. The molecule has 20 heavy (non-hydrogen) atoms. The van der Waals surface area contributed by atoms with Gasteiger partial charge in [-0.25, -0.2) is 0 Å². The monoisotopic (exact) mass is 277 g/mol. The molecule has 1 aliphatic rings. The van der Waals surface area contributed by atoms with Gasteiger partial charge in [0.2, 0.25) is 5.91 Å². The van der Waals surface area contributed by atoms with Gasteiger partial charge in [0.25, 0.3) is 5.91 Å². The van der Waals surface area contributed by atoms with E-state index in [1.54, 1.807) is 24.3 Å². The van der Waals surface area contributed by atoms with Gasteiger partial charge in [-0.05, 0) is 31.2 Å². The van der Waals surface area contributed by atoms with Gasteiger partial charge in [-0.15, -0.1) is 0 Å². The van der Waals surface area contributed by atoms with Crippen LogP contribution in [0, 0.1) is 0 Å². The summed E-state index contributed by atoms with van der Waals surface area (Å²) in [6, 6.07) is 6.60. The molecule has 3 N–H and O–H groups in total. The summed E-state index contributed by atoms with van der Waals surface area (Å²) in [6.07, 6.45) is 0. The van der Waals surface area contributed by atoms with Crippen LogP contribution in [-0.2, 0) is 4.79 Å². The van der Waals surface area contributed by atoms with Crippen LogP contribution in [-0.4, -0.2) is 49.0 Å². The number of nitrogens with one attached hydrogen (secondary N) is 1. The topological polar surface area (TPSA) is 84.7 Å². The first-order chi connectivity index (χ1) is 9.58. The number of hydrogen-bond acceptors (Lipinski definition) is 4. The van der Waals surface area contributed by atoms with Crippen molar-refractivity contribution >= 4 is 11.8 Å². The number of piperazine rings is 1. The van der Waals surface area contributed by atoms with Crippen LogP contribution in [0.25, 0.3) is 0 Å². The fourth-order valence-corrected chi connectivity index (χ4v) is 2.15. The maximum atomic E-state index is 12.1. The minimum Gasteiger partial charge on any atom is -0.484 e. The second kappa shape index (κ2) is 6.38. The van der Waals surface area contributed by atoms with Crippen molar-refractivity contribution < 1.29 is 14.3 Å². The van der Waals surface area contributed by atoms with E-state index in [-0.39, 0.29) is 18.6 Å². The Hall–Kier alpha value is -2.08. The second-order valence-electron chi connectivity index (χ2n) is 4.82. The van der Waals surface area contributed by atoms with Gasteiger partial charge in [-0.2, -0.15) is 0 Å². The first-order valence-corrected chi connectivity index (χ1v) is 6.61. The lowest BCUT2D eigenvalue weighted by Gasteiger charge is -2.33. The molecule has 1 atom stereocenters. The summed E-state index contributed by atoms with van der Waals surface area (Å²) in [5.74, 6) is 0.0337. The Labute approximate surface area is 117 Å². The fraction of sp³-hybridized carbons (Fsp3) is 0.429. The number of hydrogen-bond donors (Lipinski definition) is 2. The molecule has 0 saturated carbocycles. The van der Waals surface area contributed by atoms with Crippen LogP contribution in [0.15, 0.2) is 24.3 Å². The number of carbonyl (C=O) groups excluding carboxylic acids is 2. The maximum Gasteiger partial charge on any atom is 0.260 e. The lowest BCUT2D eigenvalue weighted by atomic mass is 10.2. The van der Waals surface area contributed by atoms with Gasteiger partial charge in [-0.1, -0.05) is 0 Å². The van der Waals surface area contributed by atoms with Gasteiger partial charge in [0, 0.05) is 31.2 Å². The molecule has 1 aliphatic heterocycles. The van der Waals surface area contributed by atoms with Crippen LogP contribution in [0.5, 0.6) is 5.75 Å². The molecule has 108 valence electrons. The van der Waals surface area contributed by atoms with E-state index < -0.39 is 5.91 Å². The predicted molar refractivity (Wildman–Crippen MR) is 74.5 cm³/mol. The van der Waals surface area contributed by atoms with Crippen molar-refractivity contribution in [2.45, 2.75) is 13.0 Å². The Bertz CT molecular complexity index is 487. The summed E-state index contributed by atoms with van der Waals surface area (Å²) >= 11 is 0. The normalized spacial score (nSPS) is 18.6. The minimum atomic E-state index is -0.484. The molecule has 0 radical (unpaired) electrons. The fourth-order valence-electron chi connectivity index (χ4n) is 2.15. The zero-order valence-corrected chi connectivity index (χ0v) is 11.5. The zero-order chi connectivity index (χ0) is 14.5. The Balaban J connectivity index is 1.88. The van der Waals surface area contributed by atoms with Gasteiger partial charge >= 0.3 is 0 Å². The van der Waals surface area contributed by atoms with E-state index in [2.05, 4.69) is 5.32 Å². The number of ether oxygens (including phenoxy) is 1. The first kappa shape index (κ1) is 14.3. The number of nitrogens with two attached hydrogens (primary N) is 1. The quantitative estimate of drug-likeness (QED) is 0.810. The molecule has 1 heterocycles. The summed E-state index contributed by atoms with van der Waals surface area (Å²) in [6.45, 7) is 4.32. The minimum absolute atomic E-state index is 0.000256. The van der Waals surface area contributed by atoms with Gasteiger partial charge in [0.05, 0.1) is 0 Å². The van der Waals surface area contributed by atoms with E-state index in [1.165, 1.54) is 0 Å². The van der Waals surface area contributed by atoms with E-state index in [1.807, 2.05) is 11.8 Å². The highest BCUT2D eigenvalue weighted by molar-refractivity contribution is 5.92. The smallest absolute Gasteiger partial charge is 0.260 e. The molecule has 6 nitrogen and oxygen atoms in total. The maximum absolute atomic E-state index is 12.1. The summed E-state index contributed by atoms with van der Waals surface area (Å²) in [5, 5.41) is 3.23. The highest BCUT2D eigenvalue weighted by Crippen LogP contribution is 2.12. The Morgan fingerprint density at radius 3 is 2.70 bits per heavy atom. The molecular weight excluding hydrogens is 258 g/mol. The second-order valence-corrected chi connectivity index (χ2v) is 4.82. The molecule has 0 aromatic heterocycles. The van der Waals surface area contributed by atoms with E-state index in [0.717, 1.165) is 13.1 Å². The van der Waals surface area contributed by atoms with E-state index in [9.17, 15) is 9.59 Å². The van der Waals surface area contributed by atoms with Crippen molar-refractivity contribution in [3.63, 3.8) is 0 Å². The number of primary amides is 1. The van der Waals surface area contributed by atoms with Gasteiger partial charge in [0.15, 0.2) is 6.61 Å². The number of benzene rings is 1. The molecule has 1 aromatic rings. The highest BCUT2D eigenvalue weighted by atomic mass is 16.5. The third kappa shape index (κ3) is 3.48. The molecule has 6 heteroatoms. The number of rotatable bonds is 4. The average Bonchev–Trinajstić information content (AvgIpc) is 2.45. The van der Waals surface area contributed by atoms with Crippen LogP contribution in [0.1, 0.15) is 17.3 Å². The largest absolute Gasteiger partial charge is 0.484 e. The SMILES string of the molecule is CC1CNCCN1C(=O)COc1ccc(C(N)=O)cc1. The molecule has 1 saturated heterocycles. The molecular formula is C14H19N3O3. The average molecular weight is 277 g/mol.